The number of hydrogen-bond donors (Lipinski definition) is 2. The second-order valence-corrected chi connectivity index (χ2v) is 14.9. The van der Waals surface area contributed by atoms with Crippen LogP contribution >= 0.6 is 0 Å². The maximum atomic E-state index is 6.72. The van der Waals surface area contributed by atoms with E-state index in [4.69, 9.17) is 9.41 Å². The third-order valence-electron chi connectivity index (χ3n) is 11.3. The predicted octanol–water partition coefficient (Wildman–Crippen LogP) is 13.2. The zero-order valence-corrected chi connectivity index (χ0v) is 31.1. The van der Waals surface area contributed by atoms with Crippen LogP contribution in [-0.2, 0) is 0 Å². The molecule has 4 heteroatoms. The molecule has 0 amide bonds. The number of fused-ring (bicyclic) bond motifs is 5. The second-order valence-electron chi connectivity index (χ2n) is 14.9. The van der Waals surface area contributed by atoms with Crippen molar-refractivity contribution in [2.75, 3.05) is 0 Å². The molecule has 1 aliphatic rings. The fraction of sp³-hybridized carbons (Fsp3) is 0.0377. The molecule has 1 aromatic heterocycles. The van der Waals surface area contributed by atoms with E-state index < -0.39 is 0 Å². The summed E-state index contributed by atoms with van der Waals surface area (Å²) >= 11 is 0. The smallest absolute Gasteiger partial charge is 0.143 e. The van der Waals surface area contributed by atoms with Gasteiger partial charge in [-0.1, -0.05) is 170 Å². The molecule has 0 radical (unpaired) electrons. The van der Waals surface area contributed by atoms with Crippen molar-refractivity contribution in [1.29, 1.82) is 0 Å². The molecule has 0 saturated heterocycles. The lowest BCUT2D eigenvalue weighted by molar-refractivity contribution is 0.409. The van der Waals surface area contributed by atoms with Crippen molar-refractivity contribution < 1.29 is 4.42 Å². The van der Waals surface area contributed by atoms with E-state index in [1.165, 1.54) is 38.2 Å². The first kappa shape index (κ1) is 33.1. The van der Waals surface area contributed by atoms with E-state index in [-0.39, 0.29) is 12.3 Å². The summed E-state index contributed by atoms with van der Waals surface area (Å²) < 4.78 is 6.72. The van der Waals surface area contributed by atoms with E-state index in [1.807, 2.05) is 6.07 Å². The monoisotopic (exact) mass is 731 g/mol. The number of furan rings is 1. The standard InChI is InChI=1S/C53H37N3O/c1-3-11-34(12-4-1)45-31-46(50-48(32-45)47-30-42-17-9-10-18-43(42)33-49(47)57-50)37-22-26-40(27-23-37)53-55-51(38-14-5-2-6-15-38)54-52(56-53)39-24-19-36(20-25-39)44-28-21-35-13-7-8-16-41(35)29-44/h1-33,52-53,56H,(H,54,55). The number of hydrogen-bond acceptors (Lipinski definition) is 4. The summed E-state index contributed by atoms with van der Waals surface area (Å²) in [5, 5.41) is 14.6. The van der Waals surface area contributed by atoms with Crippen molar-refractivity contribution in [3.8, 4) is 33.4 Å². The number of amidine groups is 1. The molecule has 4 nitrogen and oxygen atoms in total. The van der Waals surface area contributed by atoms with Crippen LogP contribution < -0.4 is 10.6 Å². The van der Waals surface area contributed by atoms with Gasteiger partial charge in [-0.15, -0.1) is 0 Å². The van der Waals surface area contributed by atoms with Crippen molar-refractivity contribution >= 4 is 49.3 Å². The number of rotatable bonds is 6. The molecule has 2 unspecified atom stereocenters. The van der Waals surface area contributed by atoms with E-state index in [2.05, 4.69) is 205 Å². The van der Waals surface area contributed by atoms with Gasteiger partial charge in [0.25, 0.3) is 0 Å². The number of benzene rings is 9. The Kier molecular flexibility index (Phi) is 8.01. The number of nitrogens with zero attached hydrogens (tertiary/aromatic N) is 1. The molecule has 270 valence electrons. The van der Waals surface area contributed by atoms with E-state index in [0.717, 1.165) is 61.2 Å². The van der Waals surface area contributed by atoms with Gasteiger partial charge in [0.1, 0.15) is 29.3 Å². The van der Waals surface area contributed by atoms with Gasteiger partial charge in [-0.25, -0.2) is 4.99 Å². The highest BCUT2D eigenvalue weighted by Gasteiger charge is 2.26. The summed E-state index contributed by atoms with van der Waals surface area (Å²) in [7, 11) is 0. The summed E-state index contributed by atoms with van der Waals surface area (Å²) in [6.07, 6.45) is -0.420. The molecular formula is C53H37N3O. The summed E-state index contributed by atoms with van der Waals surface area (Å²) in [4.78, 5) is 5.23. The predicted molar refractivity (Wildman–Crippen MR) is 236 cm³/mol. The fourth-order valence-electron chi connectivity index (χ4n) is 8.30. The molecule has 0 aliphatic carbocycles. The molecule has 0 saturated carbocycles. The molecule has 57 heavy (non-hydrogen) atoms. The van der Waals surface area contributed by atoms with Crippen LogP contribution in [-0.4, -0.2) is 5.84 Å². The first-order chi connectivity index (χ1) is 28.2. The van der Waals surface area contributed by atoms with E-state index in [0.29, 0.717) is 0 Å². The summed E-state index contributed by atoms with van der Waals surface area (Å²) in [5.74, 6) is 0.860. The molecule has 11 rings (SSSR count). The topological polar surface area (TPSA) is 49.6 Å². The zero-order valence-electron chi connectivity index (χ0n) is 31.1. The Morgan fingerprint density at radius 3 is 1.72 bits per heavy atom. The molecule has 0 spiro atoms. The highest BCUT2D eigenvalue weighted by Crippen LogP contribution is 2.41. The average Bonchev–Trinajstić information content (AvgIpc) is 3.65. The van der Waals surface area contributed by atoms with Gasteiger partial charge >= 0.3 is 0 Å². The minimum atomic E-state index is -0.269. The highest BCUT2D eigenvalue weighted by atomic mass is 16.3. The van der Waals surface area contributed by atoms with Crippen LogP contribution in [0.3, 0.4) is 0 Å². The minimum Gasteiger partial charge on any atom is -0.455 e. The quantitative estimate of drug-likeness (QED) is 0.179. The van der Waals surface area contributed by atoms with Gasteiger partial charge in [-0.3, -0.25) is 5.32 Å². The van der Waals surface area contributed by atoms with Crippen molar-refractivity contribution in [1.82, 2.24) is 10.6 Å². The number of nitrogens with one attached hydrogen (secondary N) is 2. The normalized spacial score (nSPS) is 15.5. The van der Waals surface area contributed by atoms with Crippen LogP contribution in [0, 0.1) is 0 Å². The van der Waals surface area contributed by atoms with Gasteiger partial charge in [-0.2, -0.15) is 0 Å². The lowest BCUT2D eigenvalue weighted by Gasteiger charge is -2.32. The van der Waals surface area contributed by atoms with Crippen LogP contribution in [0.2, 0.25) is 0 Å². The van der Waals surface area contributed by atoms with Crippen LogP contribution in [0.5, 0.6) is 0 Å². The van der Waals surface area contributed by atoms with Gasteiger partial charge in [0, 0.05) is 21.9 Å². The molecule has 10 aromatic rings. The first-order valence-corrected chi connectivity index (χ1v) is 19.5. The third-order valence-corrected chi connectivity index (χ3v) is 11.3. The van der Waals surface area contributed by atoms with Crippen molar-refractivity contribution in [2.45, 2.75) is 12.3 Å². The minimum absolute atomic E-state index is 0.152. The second kappa shape index (κ2) is 13.8. The Balaban J connectivity index is 0.960. The Morgan fingerprint density at radius 2 is 0.982 bits per heavy atom. The molecular weight excluding hydrogens is 695 g/mol. The van der Waals surface area contributed by atoms with Crippen molar-refractivity contribution in [3.05, 3.63) is 217 Å². The largest absolute Gasteiger partial charge is 0.455 e. The van der Waals surface area contributed by atoms with E-state index in [1.54, 1.807) is 0 Å². The SMILES string of the molecule is c1ccc(C2=NC(c3ccc(-c4cc(-c5ccccc5)cc5c4oc4cc6ccccc6cc45)cc3)NC(c3ccc(-c4ccc5ccccc5c4)cc3)N2)cc1. The van der Waals surface area contributed by atoms with E-state index in [9.17, 15) is 0 Å². The Hall–Kier alpha value is -7.27. The Labute approximate surface area is 330 Å². The average molecular weight is 732 g/mol. The van der Waals surface area contributed by atoms with Crippen molar-refractivity contribution in [3.63, 3.8) is 0 Å². The lowest BCUT2D eigenvalue weighted by Crippen LogP contribution is -2.44. The van der Waals surface area contributed by atoms with Gasteiger partial charge in [-0.05, 0) is 90.8 Å². The Morgan fingerprint density at radius 1 is 0.404 bits per heavy atom. The number of aliphatic imine (C=N–C) groups is 1. The molecule has 1 aliphatic heterocycles. The summed E-state index contributed by atoms with van der Waals surface area (Å²) in [5.41, 5.74) is 11.9. The van der Waals surface area contributed by atoms with Gasteiger partial charge in [0.05, 0.1) is 0 Å². The van der Waals surface area contributed by atoms with Crippen molar-refractivity contribution in [2.24, 2.45) is 4.99 Å². The van der Waals surface area contributed by atoms with Crippen LogP contribution in [0.1, 0.15) is 29.0 Å². The van der Waals surface area contributed by atoms with Crippen LogP contribution in [0.15, 0.2) is 210 Å². The molecule has 0 bridgehead atoms. The van der Waals surface area contributed by atoms with Crippen LogP contribution in [0.25, 0.3) is 76.9 Å². The maximum Gasteiger partial charge on any atom is 0.143 e. The lowest BCUT2D eigenvalue weighted by atomic mass is 9.94. The maximum absolute atomic E-state index is 6.72. The molecule has 2 atom stereocenters. The van der Waals surface area contributed by atoms with Gasteiger partial charge in [0.2, 0.25) is 0 Å². The molecule has 9 aromatic carbocycles. The fourth-order valence-corrected chi connectivity index (χ4v) is 8.30. The molecule has 0 fully saturated rings. The first-order valence-electron chi connectivity index (χ1n) is 19.5. The van der Waals surface area contributed by atoms with Gasteiger partial charge < -0.3 is 9.73 Å². The summed E-state index contributed by atoms with van der Waals surface area (Å²) in [6.45, 7) is 0. The molecule has 2 N–H and O–H groups in total. The van der Waals surface area contributed by atoms with E-state index >= 15 is 0 Å². The highest BCUT2D eigenvalue weighted by molar-refractivity contribution is 6.14. The third kappa shape index (κ3) is 6.13. The van der Waals surface area contributed by atoms with Crippen LogP contribution in [0.4, 0.5) is 0 Å². The molecule has 2 heterocycles. The Bertz CT molecular complexity index is 3110. The summed E-state index contributed by atoms with van der Waals surface area (Å²) in [6, 6.07) is 71.2. The van der Waals surface area contributed by atoms with Gasteiger partial charge in [0.15, 0.2) is 0 Å². The zero-order chi connectivity index (χ0) is 37.7.